The first-order valence-electron chi connectivity index (χ1n) is 8.19. The molecule has 0 spiro atoms. The van der Waals surface area contributed by atoms with Gasteiger partial charge < -0.3 is 4.74 Å². The van der Waals surface area contributed by atoms with Crippen LogP contribution in [0.1, 0.15) is 15.9 Å². The highest BCUT2D eigenvalue weighted by atomic mass is 16.5. The van der Waals surface area contributed by atoms with Gasteiger partial charge in [-0.3, -0.25) is 9.36 Å². The molecule has 0 saturated carbocycles. The molecule has 0 unspecified atom stereocenters. The highest BCUT2D eigenvalue weighted by molar-refractivity contribution is 6.03. The summed E-state index contributed by atoms with van der Waals surface area (Å²) < 4.78 is 7.65. The van der Waals surface area contributed by atoms with Crippen molar-refractivity contribution in [3.05, 3.63) is 102 Å². The lowest BCUT2D eigenvalue weighted by Gasteiger charge is -2.09. The van der Waals surface area contributed by atoms with Gasteiger partial charge >= 0.3 is 0 Å². The van der Waals surface area contributed by atoms with Gasteiger partial charge in [0.1, 0.15) is 12.4 Å². The maximum Gasteiger partial charge on any atom is 0.262 e. The standard InChI is InChI=1S/C22H17NO2/c24-22(18-10-5-2-6-11-18)23-15-14-19-20(23)12-7-13-21(19)25-16-17-8-3-1-4-9-17/h1-15H,16H2. The molecule has 3 nitrogen and oxygen atoms in total. The Hall–Kier alpha value is -3.33. The number of benzene rings is 3. The third kappa shape index (κ3) is 3.04. The molecule has 3 heteroatoms. The van der Waals surface area contributed by atoms with E-state index in [9.17, 15) is 4.79 Å². The van der Waals surface area contributed by atoms with Crippen LogP contribution in [0.2, 0.25) is 0 Å². The van der Waals surface area contributed by atoms with Crippen molar-refractivity contribution < 1.29 is 9.53 Å². The summed E-state index contributed by atoms with van der Waals surface area (Å²) >= 11 is 0. The van der Waals surface area contributed by atoms with Gasteiger partial charge in [-0.25, -0.2) is 0 Å². The Labute approximate surface area is 146 Å². The minimum Gasteiger partial charge on any atom is -0.488 e. The average Bonchev–Trinajstić information content (AvgIpc) is 3.12. The summed E-state index contributed by atoms with van der Waals surface area (Å²) in [5, 5.41) is 0.933. The number of hydrogen-bond donors (Lipinski definition) is 0. The van der Waals surface area contributed by atoms with E-state index in [-0.39, 0.29) is 5.91 Å². The number of ether oxygens (including phenoxy) is 1. The number of rotatable bonds is 4. The largest absolute Gasteiger partial charge is 0.488 e. The summed E-state index contributed by atoms with van der Waals surface area (Å²) in [5.41, 5.74) is 2.62. The molecule has 0 bridgehead atoms. The Kier molecular flexibility index (Phi) is 4.05. The number of carbonyl (C=O) groups is 1. The Balaban J connectivity index is 1.65. The topological polar surface area (TPSA) is 31.2 Å². The zero-order chi connectivity index (χ0) is 17.1. The van der Waals surface area contributed by atoms with Gasteiger partial charge in [-0.05, 0) is 35.9 Å². The van der Waals surface area contributed by atoms with E-state index in [4.69, 9.17) is 4.74 Å². The van der Waals surface area contributed by atoms with Crippen LogP contribution in [0.3, 0.4) is 0 Å². The summed E-state index contributed by atoms with van der Waals surface area (Å²) in [5.74, 6) is 0.733. The van der Waals surface area contributed by atoms with E-state index < -0.39 is 0 Å². The average molecular weight is 327 g/mol. The molecule has 0 aliphatic carbocycles. The second kappa shape index (κ2) is 6.65. The van der Waals surface area contributed by atoms with Crippen LogP contribution in [0.5, 0.6) is 5.75 Å². The molecule has 1 heterocycles. The minimum absolute atomic E-state index is 0.0455. The Morgan fingerprint density at radius 3 is 2.28 bits per heavy atom. The van der Waals surface area contributed by atoms with Crippen LogP contribution in [-0.4, -0.2) is 10.5 Å². The van der Waals surface area contributed by atoms with Crippen molar-refractivity contribution in [1.29, 1.82) is 0 Å². The van der Waals surface area contributed by atoms with Crippen molar-refractivity contribution in [2.75, 3.05) is 0 Å². The number of carbonyl (C=O) groups excluding carboxylic acids is 1. The molecule has 1 aromatic heterocycles. The fourth-order valence-corrected chi connectivity index (χ4v) is 2.90. The molecule has 4 aromatic rings. The molecule has 3 aromatic carbocycles. The lowest BCUT2D eigenvalue weighted by Crippen LogP contribution is -2.10. The highest BCUT2D eigenvalue weighted by Crippen LogP contribution is 2.28. The van der Waals surface area contributed by atoms with Gasteiger partial charge in [-0.15, -0.1) is 0 Å². The van der Waals surface area contributed by atoms with E-state index in [0.717, 1.165) is 22.2 Å². The molecule has 4 rings (SSSR count). The van der Waals surface area contributed by atoms with Crippen LogP contribution in [-0.2, 0) is 6.61 Å². The number of nitrogens with zero attached hydrogens (tertiary/aromatic N) is 1. The normalized spacial score (nSPS) is 10.7. The van der Waals surface area contributed by atoms with Crippen molar-refractivity contribution in [3.8, 4) is 5.75 Å². The summed E-state index contributed by atoms with van der Waals surface area (Å²) in [6.45, 7) is 0.498. The molecule has 0 radical (unpaired) electrons. The molecule has 0 N–H and O–H groups in total. The Morgan fingerprint density at radius 1 is 0.800 bits per heavy atom. The number of hydrogen-bond acceptors (Lipinski definition) is 2. The van der Waals surface area contributed by atoms with E-state index in [1.54, 1.807) is 10.8 Å². The molecular weight excluding hydrogens is 310 g/mol. The second-order valence-electron chi connectivity index (χ2n) is 5.82. The third-order valence-corrected chi connectivity index (χ3v) is 4.17. The molecule has 122 valence electrons. The quantitative estimate of drug-likeness (QED) is 0.533. The van der Waals surface area contributed by atoms with E-state index >= 15 is 0 Å². The van der Waals surface area contributed by atoms with E-state index in [2.05, 4.69) is 0 Å². The van der Waals surface area contributed by atoms with Crippen LogP contribution < -0.4 is 4.74 Å². The highest BCUT2D eigenvalue weighted by Gasteiger charge is 2.13. The van der Waals surface area contributed by atoms with E-state index in [0.29, 0.717) is 12.2 Å². The monoisotopic (exact) mass is 327 g/mol. The van der Waals surface area contributed by atoms with Crippen LogP contribution in [0.4, 0.5) is 0 Å². The summed E-state index contributed by atoms with van der Waals surface area (Å²) in [7, 11) is 0. The summed E-state index contributed by atoms with van der Waals surface area (Å²) in [4.78, 5) is 12.7. The molecule has 0 aliphatic rings. The predicted octanol–water partition coefficient (Wildman–Crippen LogP) is 4.91. The van der Waals surface area contributed by atoms with Gasteiger partial charge in [-0.2, -0.15) is 0 Å². The predicted molar refractivity (Wildman–Crippen MR) is 98.9 cm³/mol. The maximum atomic E-state index is 12.7. The number of aromatic nitrogens is 1. The van der Waals surface area contributed by atoms with E-state index in [1.807, 2.05) is 84.9 Å². The van der Waals surface area contributed by atoms with Crippen LogP contribution in [0.15, 0.2) is 91.1 Å². The first-order valence-corrected chi connectivity index (χ1v) is 8.19. The zero-order valence-electron chi connectivity index (χ0n) is 13.6. The van der Waals surface area contributed by atoms with Crippen molar-refractivity contribution in [2.45, 2.75) is 6.61 Å². The van der Waals surface area contributed by atoms with Gasteiger partial charge in [0.15, 0.2) is 0 Å². The van der Waals surface area contributed by atoms with Crippen LogP contribution in [0, 0.1) is 0 Å². The van der Waals surface area contributed by atoms with Crippen LogP contribution >= 0.6 is 0 Å². The first-order chi connectivity index (χ1) is 12.3. The van der Waals surface area contributed by atoms with Gasteiger partial charge in [0.2, 0.25) is 0 Å². The maximum absolute atomic E-state index is 12.7. The Bertz CT molecular complexity index is 1000. The molecule has 0 fully saturated rings. The fourth-order valence-electron chi connectivity index (χ4n) is 2.90. The van der Waals surface area contributed by atoms with Crippen molar-refractivity contribution in [3.63, 3.8) is 0 Å². The lowest BCUT2D eigenvalue weighted by molar-refractivity contribution is 0.0965. The molecule has 25 heavy (non-hydrogen) atoms. The number of fused-ring (bicyclic) bond motifs is 1. The molecule has 0 atom stereocenters. The third-order valence-electron chi connectivity index (χ3n) is 4.17. The Morgan fingerprint density at radius 2 is 1.52 bits per heavy atom. The first kappa shape index (κ1) is 15.2. The van der Waals surface area contributed by atoms with Crippen molar-refractivity contribution >= 4 is 16.8 Å². The zero-order valence-corrected chi connectivity index (χ0v) is 13.6. The van der Waals surface area contributed by atoms with Gasteiger partial charge in [0.25, 0.3) is 5.91 Å². The molecular formula is C22H17NO2. The lowest BCUT2D eigenvalue weighted by atomic mass is 10.2. The molecule has 0 amide bonds. The molecule has 0 saturated heterocycles. The summed E-state index contributed by atoms with van der Waals surface area (Å²) in [6.07, 6.45) is 1.80. The molecule has 0 aliphatic heterocycles. The SMILES string of the molecule is O=C(c1ccccc1)n1ccc2c(OCc3ccccc3)cccc21. The second-order valence-corrected chi connectivity index (χ2v) is 5.82. The van der Waals surface area contributed by atoms with Gasteiger partial charge in [0, 0.05) is 17.1 Å². The van der Waals surface area contributed by atoms with E-state index in [1.165, 1.54) is 0 Å². The van der Waals surface area contributed by atoms with Crippen LogP contribution in [0.25, 0.3) is 10.9 Å². The van der Waals surface area contributed by atoms with Crippen molar-refractivity contribution in [2.24, 2.45) is 0 Å². The van der Waals surface area contributed by atoms with Crippen molar-refractivity contribution in [1.82, 2.24) is 4.57 Å². The van der Waals surface area contributed by atoms with Gasteiger partial charge in [-0.1, -0.05) is 54.6 Å². The smallest absolute Gasteiger partial charge is 0.262 e. The minimum atomic E-state index is -0.0455. The fraction of sp³-hybridized carbons (Fsp3) is 0.0455. The summed E-state index contributed by atoms with van der Waals surface area (Å²) in [6, 6.07) is 27.0. The van der Waals surface area contributed by atoms with Gasteiger partial charge in [0.05, 0.1) is 5.52 Å².